The first-order chi connectivity index (χ1) is 6.71. The fourth-order valence-corrected chi connectivity index (χ4v) is 1.24. The van der Waals surface area contributed by atoms with E-state index >= 15 is 0 Å². The standard InChI is InChI=1S/C5H13O8P2/c6-14(7,8)4-12-2-1-3-13-5-15(9,10)11/h1H,2-5H2,(H2,6,7,8)(H2,9,10,11). The average Bonchev–Trinajstić information content (AvgIpc) is 1.98. The zero-order valence-electron chi connectivity index (χ0n) is 7.72. The molecule has 10 heteroatoms. The number of ether oxygens (including phenoxy) is 2. The van der Waals surface area contributed by atoms with Crippen LogP contribution in [0, 0.1) is 6.42 Å². The van der Waals surface area contributed by atoms with Crippen LogP contribution >= 0.6 is 15.2 Å². The predicted molar refractivity (Wildman–Crippen MR) is 50.0 cm³/mol. The van der Waals surface area contributed by atoms with Crippen LogP contribution < -0.4 is 0 Å². The van der Waals surface area contributed by atoms with Crippen LogP contribution in [0.15, 0.2) is 0 Å². The minimum Gasteiger partial charge on any atom is -0.368 e. The molecule has 0 saturated carbocycles. The van der Waals surface area contributed by atoms with Crippen LogP contribution in [0.2, 0.25) is 0 Å². The summed E-state index contributed by atoms with van der Waals surface area (Å²) in [4.78, 5) is 33.5. The van der Waals surface area contributed by atoms with E-state index in [1.807, 2.05) is 0 Å². The zero-order valence-corrected chi connectivity index (χ0v) is 9.51. The Balaban J connectivity index is 3.27. The highest BCUT2D eigenvalue weighted by Gasteiger charge is 2.13. The van der Waals surface area contributed by atoms with Crippen molar-refractivity contribution < 1.29 is 38.2 Å². The average molecular weight is 263 g/mol. The third-order valence-electron chi connectivity index (χ3n) is 0.990. The van der Waals surface area contributed by atoms with Crippen molar-refractivity contribution in [3.63, 3.8) is 0 Å². The van der Waals surface area contributed by atoms with Crippen molar-refractivity contribution in [3.8, 4) is 0 Å². The highest BCUT2D eigenvalue weighted by atomic mass is 31.2. The summed E-state index contributed by atoms with van der Waals surface area (Å²) in [6.45, 7) is -0.126. The van der Waals surface area contributed by atoms with E-state index in [-0.39, 0.29) is 13.2 Å². The van der Waals surface area contributed by atoms with Gasteiger partial charge >= 0.3 is 15.2 Å². The number of rotatable bonds is 8. The second kappa shape index (κ2) is 6.73. The molecule has 0 aromatic carbocycles. The zero-order chi connectivity index (χ0) is 11.9. The quantitative estimate of drug-likeness (QED) is 0.340. The second-order valence-electron chi connectivity index (χ2n) is 2.62. The van der Waals surface area contributed by atoms with Gasteiger partial charge in [0.15, 0.2) is 0 Å². The molecule has 0 bridgehead atoms. The van der Waals surface area contributed by atoms with Crippen molar-refractivity contribution >= 4 is 15.2 Å². The molecule has 0 amide bonds. The molecule has 0 rings (SSSR count). The van der Waals surface area contributed by atoms with Gasteiger partial charge in [-0.25, -0.2) is 0 Å². The molecule has 8 nitrogen and oxygen atoms in total. The Morgan fingerprint density at radius 1 is 0.867 bits per heavy atom. The van der Waals surface area contributed by atoms with E-state index in [0.717, 1.165) is 0 Å². The largest absolute Gasteiger partial charge is 0.368 e. The van der Waals surface area contributed by atoms with E-state index in [4.69, 9.17) is 19.6 Å². The predicted octanol–water partition coefficient (Wildman–Crippen LogP) is -0.506. The van der Waals surface area contributed by atoms with Crippen molar-refractivity contribution in [1.82, 2.24) is 0 Å². The molecule has 0 atom stereocenters. The molecule has 0 spiro atoms. The topological polar surface area (TPSA) is 134 Å². The fourth-order valence-electron chi connectivity index (χ4n) is 0.558. The van der Waals surface area contributed by atoms with Crippen LogP contribution in [0.5, 0.6) is 0 Å². The summed E-state index contributed by atoms with van der Waals surface area (Å²) >= 11 is 0. The van der Waals surface area contributed by atoms with E-state index in [9.17, 15) is 9.13 Å². The Morgan fingerprint density at radius 3 is 1.47 bits per heavy atom. The van der Waals surface area contributed by atoms with Gasteiger partial charge in [0.2, 0.25) is 0 Å². The van der Waals surface area contributed by atoms with Gasteiger partial charge in [-0.1, -0.05) is 0 Å². The molecule has 15 heavy (non-hydrogen) atoms. The van der Waals surface area contributed by atoms with E-state index in [2.05, 4.69) is 9.47 Å². The monoisotopic (exact) mass is 263 g/mol. The molecule has 1 radical (unpaired) electrons. The first-order valence-electron chi connectivity index (χ1n) is 3.77. The van der Waals surface area contributed by atoms with E-state index in [1.54, 1.807) is 0 Å². The summed E-state index contributed by atoms with van der Waals surface area (Å²) in [6.07, 6.45) is -0.0324. The molecule has 0 aromatic rings. The maximum atomic E-state index is 10.3. The third kappa shape index (κ3) is 14.2. The van der Waals surface area contributed by atoms with Crippen molar-refractivity contribution in [3.05, 3.63) is 6.42 Å². The van der Waals surface area contributed by atoms with Crippen LogP contribution in [0.1, 0.15) is 0 Å². The lowest BCUT2D eigenvalue weighted by Gasteiger charge is -2.06. The summed E-state index contributed by atoms with van der Waals surface area (Å²) in [5.74, 6) is 0. The summed E-state index contributed by atoms with van der Waals surface area (Å²) < 4.78 is 29.6. The van der Waals surface area contributed by atoms with Crippen LogP contribution in [0.25, 0.3) is 0 Å². The highest BCUT2D eigenvalue weighted by molar-refractivity contribution is 7.51. The maximum absolute atomic E-state index is 10.3. The van der Waals surface area contributed by atoms with Crippen molar-refractivity contribution in [2.24, 2.45) is 0 Å². The van der Waals surface area contributed by atoms with E-state index in [1.165, 1.54) is 6.42 Å². The lowest BCUT2D eigenvalue weighted by molar-refractivity contribution is 0.139. The second-order valence-corrected chi connectivity index (χ2v) is 5.79. The lowest BCUT2D eigenvalue weighted by atomic mass is 10.5. The van der Waals surface area contributed by atoms with Gasteiger partial charge in [0.25, 0.3) is 0 Å². The van der Waals surface area contributed by atoms with Crippen LogP contribution in [0.4, 0.5) is 0 Å². The van der Waals surface area contributed by atoms with Gasteiger partial charge in [0.05, 0.1) is 13.2 Å². The molecule has 0 heterocycles. The van der Waals surface area contributed by atoms with Crippen LogP contribution in [-0.4, -0.2) is 45.5 Å². The molecule has 0 aliphatic carbocycles. The lowest BCUT2D eigenvalue weighted by Crippen LogP contribution is -2.04. The minimum absolute atomic E-state index is 0.0632. The van der Waals surface area contributed by atoms with E-state index in [0.29, 0.717) is 0 Å². The van der Waals surface area contributed by atoms with Crippen LogP contribution in [0.3, 0.4) is 0 Å². The Labute approximate surface area is 86.5 Å². The Hall–Kier alpha value is 0.220. The molecule has 0 aromatic heterocycles. The fraction of sp³-hybridized carbons (Fsp3) is 0.800. The third-order valence-corrected chi connectivity index (χ3v) is 2.03. The molecular weight excluding hydrogens is 250 g/mol. The molecule has 0 aliphatic heterocycles. The first kappa shape index (κ1) is 15.2. The van der Waals surface area contributed by atoms with Gasteiger partial charge in [-0.2, -0.15) is 0 Å². The molecular formula is C5H13O8P2. The smallest absolute Gasteiger partial charge is 0.350 e. The van der Waals surface area contributed by atoms with Gasteiger partial charge in [-0.05, 0) is 0 Å². The summed E-state index contributed by atoms with van der Waals surface area (Å²) in [7, 11) is -8.31. The van der Waals surface area contributed by atoms with Crippen molar-refractivity contribution in [2.75, 3.05) is 25.9 Å². The Bertz CT molecular complexity index is 228. The van der Waals surface area contributed by atoms with Gasteiger partial charge < -0.3 is 29.0 Å². The molecule has 91 valence electrons. The molecule has 0 saturated heterocycles. The number of hydrogen-bond acceptors (Lipinski definition) is 4. The van der Waals surface area contributed by atoms with Gasteiger partial charge in [-0.3, -0.25) is 9.13 Å². The Kier molecular flexibility index (Phi) is 6.83. The Morgan fingerprint density at radius 2 is 1.20 bits per heavy atom. The molecule has 4 N–H and O–H groups in total. The maximum Gasteiger partial charge on any atom is 0.350 e. The molecule has 0 fully saturated rings. The van der Waals surface area contributed by atoms with Crippen molar-refractivity contribution in [2.45, 2.75) is 0 Å². The normalized spacial score (nSPS) is 13.1. The molecule has 0 unspecified atom stereocenters. The summed E-state index contributed by atoms with van der Waals surface area (Å²) in [5.41, 5.74) is 0. The van der Waals surface area contributed by atoms with Crippen LogP contribution in [-0.2, 0) is 18.6 Å². The minimum atomic E-state index is -4.16. The summed E-state index contributed by atoms with van der Waals surface area (Å²) in [5, 5.41) is 0. The van der Waals surface area contributed by atoms with Gasteiger partial charge in [0, 0.05) is 6.42 Å². The highest BCUT2D eigenvalue weighted by Crippen LogP contribution is 2.34. The number of hydrogen-bond donors (Lipinski definition) is 4. The van der Waals surface area contributed by atoms with Gasteiger partial charge in [-0.15, -0.1) is 0 Å². The van der Waals surface area contributed by atoms with Gasteiger partial charge in [0.1, 0.15) is 12.7 Å². The first-order valence-corrected chi connectivity index (χ1v) is 7.36. The SMILES string of the molecule is O=P(O)(O)COC[CH]COCP(=O)(O)O. The van der Waals surface area contributed by atoms with E-state index < -0.39 is 27.9 Å². The van der Waals surface area contributed by atoms with Crippen molar-refractivity contribution in [1.29, 1.82) is 0 Å². The summed E-state index contributed by atoms with van der Waals surface area (Å²) in [6, 6.07) is 0. The molecule has 0 aliphatic rings.